The second-order valence-corrected chi connectivity index (χ2v) is 6.84. The van der Waals surface area contributed by atoms with Gasteiger partial charge in [-0.1, -0.05) is 0 Å². The van der Waals surface area contributed by atoms with Crippen LogP contribution >= 0.6 is 0 Å². The van der Waals surface area contributed by atoms with Gasteiger partial charge in [-0.15, -0.1) is 0 Å². The first-order valence-corrected chi connectivity index (χ1v) is 8.17. The van der Waals surface area contributed by atoms with Crippen LogP contribution < -0.4 is 0 Å². The van der Waals surface area contributed by atoms with Crippen LogP contribution in [0.25, 0.3) is 0 Å². The van der Waals surface area contributed by atoms with Gasteiger partial charge in [0, 0.05) is 39.3 Å². The van der Waals surface area contributed by atoms with Gasteiger partial charge in [-0.05, 0) is 24.6 Å². The van der Waals surface area contributed by atoms with Crippen molar-refractivity contribution in [3.05, 3.63) is 29.8 Å². The minimum Gasteiger partial charge on any atom is -0.396 e. The van der Waals surface area contributed by atoms with E-state index in [1.165, 1.54) is 4.31 Å². The molecule has 1 saturated heterocycles. The summed E-state index contributed by atoms with van der Waals surface area (Å²) in [5.74, 6) is -2.24. The molecule has 5 nitrogen and oxygen atoms in total. The second-order valence-electron chi connectivity index (χ2n) is 4.90. The smallest absolute Gasteiger partial charge is 0.243 e. The third kappa shape index (κ3) is 3.76. The van der Waals surface area contributed by atoms with E-state index < -0.39 is 21.7 Å². The van der Waals surface area contributed by atoms with Crippen molar-refractivity contribution >= 4 is 10.0 Å². The highest BCUT2D eigenvalue weighted by Gasteiger charge is 2.28. The number of rotatable bonds is 5. The summed E-state index contributed by atoms with van der Waals surface area (Å²) < 4.78 is 52.0. The minimum absolute atomic E-state index is 0.105. The summed E-state index contributed by atoms with van der Waals surface area (Å²) in [6.45, 7) is 2.54. The van der Waals surface area contributed by atoms with Gasteiger partial charge in [0.05, 0.1) is 4.90 Å². The lowest BCUT2D eigenvalue weighted by Gasteiger charge is -2.33. The van der Waals surface area contributed by atoms with Crippen molar-refractivity contribution in [1.82, 2.24) is 9.21 Å². The van der Waals surface area contributed by atoms with Crippen molar-refractivity contribution in [2.75, 3.05) is 39.3 Å². The number of nitrogens with zero attached hydrogens (tertiary/aromatic N) is 2. The van der Waals surface area contributed by atoms with Crippen molar-refractivity contribution in [3.8, 4) is 0 Å². The van der Waals surface area contributed by atoms with Gasteiger partial charge in [-0.3, -0.25) is 0 Å². The van der Waals surface area contributed by atoms with Crippen LogP contribution in [0.5, 0.6) is 0 Å². The van der Waals surface area contributed by atoms with Crippen molar-refractivity contribution in [2.24, 2.45) is 0 Å². The first-order valence-electron chi connectivity index (χ1n) is 6.73. The fraction of sp³-hybridized carbons (Fsp3) is 0.538. The Morgan fingerprint density at radius 1 is 1.10 bits per heavy atom. The van der Waals surface area contributed by atoms with Crippen LogP contribution in [-0.4, -0.2) is 62.1 Å². The molecular formula is C13H18F2N2O3S. The maximum atomic E-state index is 13.2. The minimum atomic E-state index is -3.79. The number of hydrogen-bond acceptors (Lipinski definition) is 4. The standard InChI is InChI=1S/C13H18F2N2O3S/c14-12-3-2-11(10-13(12)15)21(19,20)17-7-5-16(6-8-17)4-1-9-18/h2-3,10,18H,1,4-9H2. The highest BCUT2D eigenvalue weighted by molar-refractivity contribution is 7.89. The van der Waals surface area contributed by atoms with Gasteiger partial charge in [0.1, 0.15) is 0 Å². The first-order chi connectivity index (χ1) is 9.95. The Bertz CT molecular complexity index is 587. The monoisotopic (exact) mass is 320 g/mol. The van der Waals surface area contributed by atoms with Crippen LogP contribution in [0.3, 0.4) is 0 Å². The molecule has 21 heavy (non-hydrogen) atoms. The summed E-state index contributed by atoms with van der Waals surface area (Å²) in [6, 6.07) is 2.61. The van der Waals surface area contributed by atoms with Gasteiger partial charge in [0.2, 0.25) is 10.0 Å². The van der Waals surface area contributed by atoms with Gasteiger partial charge in [0.15, 0.2) is 11.6 Å². The predicted octanol–water partition coefficient (Wildman–Crippen LogP) is 0.654. The van der Waals surface area contributed by atoms with Crippen molar-refractivity contribution in [1.29, 1.82) is 0 Å². The second kappa shape index (κ2) is 6.78. The van der Waals surface area contributed by atoms with E-state index in [0.717, 1.165) is 18.7 Å². The molecule has 118 valence electrons. The number of piperazine rings is 1. The molecule has 0 amide bonds. The zero-order valence-electron chi connectivity index (χ0n) is 11.5. The molecule has 1 aromatic rings. The fourth-order valence-corrected chi connectivity index (χ4v) is 3.71. The molecule has 1 fully saturated rings. The maximum Gasteiger partial charge on any atom is 0.243 e. The molecule has 0 bridgehead atoms. The third-order valence-corrected chi connectivity index (χ3v) is 5.39. The van der Waals surface area contributed by atoms with Gasteiger partial charge in [-0.2, -0.15) is 4.31 Å². The molecule has 0 radical (unpaired) electrons. The summed E-state index contributed by atoms with van der Waals surface area (Å²) in [5.41, 5.74) is 0. The fourth-order valence-electron chi connectivity index (χ4n) is 2.27. The van der Waals surface area contributed by atoms with Crippen molar-refractivity contribution in [2.45, 2.75) is 11.3 Å². The Morgan fingerprint density at radius 2 is 1.76 bits per heavy atom. The molecule has 1 heterocycles. The van der Waals surface area contributed by atoms with E-state index >= 15 is 0 Å². The number of hydrogen-bond donors (Lipinski definition) is 1. The van der Waals surface area contributed by atoms with E-state index in [-0.39, 0.29) is 11.5 Å². The molecule has 2 rings (SSSR count). The normalized spacial score (nSPS) is 18.0. The quantitative estimate of drug-likeness (QED) is 0.865. The summed E-state index contributed by atoms with van der Waals surface area (Å²) in [4.78, 5) is 1.83. The number of halogens is 2. The zero-order valence-corrected chi connectivity index (χ0v) is 12.3. The lowest BCUT2D eigenvalue weighted by Crippen LogP contribution is -2.48. The number of aliphatic hydroxyl groups is 1. The summed E-state index contributed by atoms with van der Waals surface area (Å²) in [5, 5.41) is 8.78. The van der Waals surface area contributed by atoms with E-state index in [2.05, 4.69) is 4.90 Å². The van der Waals surface area contributed by atoms with Gasteiger partial charge < -0.3 is 10.0 Å². The molecule has 0 unspecified atom stereocenters. The Morgan fingerprint density at radius 3 is 2.33 bits per heavy atom. The van der Waals surface area contributed by atoms with Crippen LogP contribution in [0.2, 0.25) is 0 Å². The molecule has 0 aliphatic carbocycles. The van der Waals surface area contributed by atoms with Crippen molar-refractivity contribution < 1.29 is 22.3 Å². The van der Waals surface area contributed by atoms with E-state index in [1.807, 2.05) is 0 Å². The summed E-state index contributed by atoms with van der Waals surface area (Å²) in [6.07, 6.45) is 0.649. The van der Waals surface area contributed by atoms with E-state index in [1.54, 1.807) is 0 Å². The first kappa shape index (κ1) is 16.3. The Hall–Kier alpha value is -1.09. The summed E-state index contributed by atoms with van der Waals surface area (Å²) >= 11 is 0. The number of aliphatic hydroxyl groups excluding tert-OH is 1. The number of sulfonamides is 1. The molecule has 1 aliphatic rings. The van der Waals surface area contributed by atoms with Crippen LogP contribution in [0.4, 0.5) is 8.78 Å². The lowest BCUT2D eigenvalue weighted by molar-refractivity contribution is 0.171. The molecule has 0 saturated carbocycles. The highest BCUT2D eigenvalue weighted by Crippen LogP contribution is 2.19. The van der Waals surface area contributed by atoms with Crippen LogP contribution in [0, 0.1) is 11.6 Å². The molecule has 0 atom stereocenters. The molecule has 1 N–H and O–H groups in total. The van der Waals surface area contributed by atoms with Gasteiger partial charge >= 0.3 is 0 Å². The molecule has 0 aromatic heterocycles. The zero-order chi connectivity index (χ0) is 15.5. The Kier molecular flexibility index (Phi) is 5.26. The van der Waals surface area contributed by atoms with Crippen molar-refractivity contribution in [3.63, 3.8) is 0 Å². The molecule has 8 heteroatoms. The molecule has 0 spiro atoms. The highest BCUT2D eigenvalue weighted by atomic mass is 32.2. The number of benzene rings is 1. The predicted molar refractivity (Wildman–Crippen MR) is 73.3 cm³/mol. The van der Waals surface area contributed by atoms with E-state index in [9.17, 15) is 17.2 Å². The Balaban J connectivity index is 2.06. The molecule has 1 aliphatic heterocycles. The van der Waals surface area contributed by atoms with Gasteiger partial charge in [-0.25, -0.2) is 17.2 Å². The average molecular weight is 320 g/mol. The lowest BCUT2D eigenvalue weighted by atomic mass is 10.3. The SMILES string of the molecule is O=S(=O)(c1ccc(F)c(F)c1)N1CCN(CCCO)CC1. The molecular weight excluding hydrogens is 302 g/mol. The summed E-state index contributed by atoms with van der Waals surface area (Å²) in [7, 11) is -3.79. The average Bonchev–Trinajstić information content (AvgIpc) is 2.48. The van der Waals surface area contributed by atoms with Crippen LogP contribution in [0.15, 0.2) is 23.1 Å². The maximum absolute atomic E-state index is 13.2. The molecule has 1 aromatic carbocycles. The largest absolute Gasteiger partial charge is 0.396 e. The Labute approximate surface area is 122 Å². The van der Waals surface area contributed by atoms with Crippen LogP contribution in [0.1, 0.15) is 6.42 Å². The van der Waals surface area contributed by atoms with Gasteiger partial charge in [0.25, 0.3) is 0 Å². The van der Waals surface area contributed by atoms with E-state index in [4.69, 9.17) is 5.11 Å². The topological polar surface area (TPSA) is 60.9 Å². The third-order valence-electron chi connectivity index (χ3n) is 3.49. The van der Waals surface area contributed by atoms with Crippen LogP contribution in [-0.2, 0) is 10.0 Å². The van der Waals surface area contributed by atoms with E-state index in [0.29, 0.717) is 38.7 Å².